The third kappa shape index (κ3) is 51.6. The second-order valence-corrected chi connectivity index (χ2v) is 7.19. The maximum Gasteiger partial charge on any atom is 0.220 e. The molecule has 0 aliphatic heterocycles. The van der Waals surface area contributed by atoms with Crippen molar-refractivity contribution in [3.05, 3.63) is 0 Å². The molecule has 6 heteroatoms. The first-order valence-corrected chi connectivity index (χ1v) is 10.2. The van der Waals surface area contributed by atoms with Gasteiger partial charge in [0.15, 0.2) is 0 Å². The van der Waals surface area contributed by atoms with Crippen LogP contribution in [0.15, 0.2) is 0 Å². The van der Waals surface area contributed by atoms with E-state index in [1.807, 2.05) is 41.5 Å². The summed E-state index contributed by atoms with van der Waals surface area (Å²) >= 11 is 0. The van der Waals surface area contributed by atoms with Gasteiger partial charge in [-0.25, -0.2) is 0 Å². The lowest BCUT2D eigenvalue weighted by Gasteiger charge is -2.09. The predicted molar refractivity (Wildman–Crippen MR) is 116 cm³/mol. The van der Waals surface area contributed by atoms with Gasteiger partial charge in [-0.2, -0.15) is 0 Å². The second kappa shape index (κ2) is 26.6. The zero-order valence-electron chi connectivity index (χ0n) is 19.4. The number of hydrogen-bond donors (Lipinski definition) is 3. The lowest BCUT2D eigenvalue weighted by Crippen LogP contribution is -2.30. The van der Waals surface area contributed by atoms with Crippen LogP contribution in [0, 0.1) is 11.8 Å². The summed E-state index contributed by atoms with van der Waals surface area (Å²) in [4.78, 5) is 30.3. The van der Waals surface area contributed by atoms with Crippen molar-refractivity contribution in [2.45, 2.75) is 100.0 Å². The van der Waals surface area contributed by atoms with Crippen LogP contribution in [0.5, 0.6) is 0 Å². The van der Waals surface area contributed by atoms with Crippen molar-refractivity contribution in [2.75, 3.05) is 7.05 Å². The molecular formula is C21H47N3O3. The molecule has 4 N–H and O–H groups in total. The fraction of sp³-hybridized carbons (Fsp3) is 0.857. The van der Waals surface area contributed by atoms with Crippen molar-refractivity contribution in [2.24, 2.45) is 17.6 Å². The second-order valence-electron chi connectivity index (χ2n) is 7.19. The molecule has 3 amide bonds. The maximum atomic E-state index is 11.0. The fourth-order valence-corrected chi connectivity index (χ4v) is 1.78. The lowest BCUT2D eigenvalue weighted by atomic mass is 10.0. The Bertz CT molecular complexity index is 319. The highest BCUT2D eigenvalue weighted by Gasteiger charge is 2.04. The molecule has 0 radical (unpaired) electrons. The highest BCUT2D eigenvalue weighted by Crippen LogP contribution is 2.08. The molecule has 0 spiro atoms. The van der Waals surface area contributed by atoms with Gasteiger partial charge in [0.1, 0.15) is 0 Å². The Balaban J connectivity index is -0.000000152. The number of unbranched alkanes of at least 4 members (excludes halogenated alkanes) is 2. The first-order valence-electron chi connectivity index (χ1n) is 10.2. The summed E-state index contributed by atoms with van der Waals surface area (Å²) in [7, 11) is 1.56. The zero-order chi connectivity index (χ0) is 22.3. The molecule has 0 aromatic rings. The number of nitrogens with two attached hydrogens (primary N) is 1. The van der Waals surface area contributed by atoms with E-state index in [1.54, 1.807) is 7.05 Å². The van der Waals surface area contributed by atoms with Crippen LogP contribution in [0.2, 0.25) is 0 Å². The van der Waals surface area contributed by atoms with Crippen LogP contribution in [0.1, 0.15) is 93.9 Å². The van der Waals surface area contributed by atoms with Crippen molar-refractivity contribution in [3.63, 3.8) is 0 Å². The highest BCUT2D eigenvalue weighted by atomic mass is 16.2. The maximum absolute atomic E-state index is 11.0. The number of carbonyl (C=O) groups is 3. The minimum atomic E-state index is -0.172. The van der Waals surface area contributed by atoms with Crippen molar-refractivity contribution >= 4 is 18.2 Å². The Morgan fingerprint density at radius 1 is 0.926 bits per heavy atom. The molecule has 0 aromatic heterocycles. The molecule has 0 aliphatic carbocycles. The van der Waals surface area contributed by atoms with E-state index in [-0.39, 0.29) is 17.9 Å². The number of amides is 3. The molecule has 0 aliphatic rings. The minimum Gasteiger partial charge on any atom is -0.370 e. The molecule has 0 saturated heterocycles. The third-order valence-electron chi connectivity index (χ3n) is 2.87. The molecule has 27 heavy (non-hydrogen) atoms. The van der Waals surface area contributed by atoms with Crippen LogP contribution < -0.4 is 16.4 Å². The molecule has 0 heterocycles. The van der Waals surface area contributed by atoms with Crippen LogP contribution in [0.3, 0.4) is 0 Å². The van der Waals surface area contributed by atoms with Crippen molar-refractivity contribution in [1.82, 2.24) is 10.6 Å². The minimum absolute atomic E-state index is 0.157. The molecule has 0 unspecified atom stereocenters. The highest BCUT2D eigenvalue weighted by molar-refractivity contribution is 5.76. The van der Waals surface area contributed by atoms with Gasteiger partial charge in [-0.1, -0.05) is 60.8 Å². The van der Waals surface area contributed by atoms with E-state index < -0.39 is 0 Å². The van der Waals surface area contributed by atoms with E-state index in [0.717, 1.165) is 18.8 Å². The summed E-state index contributed by atoms with van der Waals surface area (Å²) in [5.74, 6) is 1.22. The Hall–Kier alpha value is -1.59. The van der Waals surface area contributed by atoms with Crippen LogP contribution in [-0.4, -0.2) is 31.3 Å². The molecular weight excluding hydrogens is 342 g/mol. The number of primary amides is 1. The quantitative estimate of drug-likeness (QED) is 0.388. The largest absolute Gasteiger partial charge is 0.370 e. The SMILES string of the molecule is CC.CC(C)CC(=O)NC(C)C.CC(C)CCCCCC(N)=O.CNC=O. The average molecular weight is 390 g/mol. The van der Waals surface area contributed by atoms with Crippen LogP contribution >= 0.6 is 0 Å². The number of nitrogens with one attached hydrogen (secondary N) is 2. The van der Waals surface area contributed by atoms with Gasteiger partial charge in [0, 0.05) is 25.9 Å². The van der Waals surface area contributed by atoms with Gasteiger partial charge in [0.05, 0.1) is 0 Å². The standard InChI is InChI=1S/C9H19NO.C8H17NO.C2H5NO.C2H6/c1-8(2)6-4-3-5-7-9(10)11;1-6(2)5-8(10)9-7(3)4;1-3-2-4;1-2/h8H,3-7H2,1-2H3,(H2,10,11);6-7H,5H2,1-4H3,(H,9,10);2H,1H3,(H,3,4);1-2H3. The Labute approximate surface area is 168 Å². The van der Waals surface area contributed by atoms with E-state index in [9.17, 15) is 9.59 Å². The Morgan fingerprint density at radius 2 is 1.41 bits per heavy atom. The van der Waals surface area contributed by atoms with Gasteiger partial charge in [-0.05, 0) is 32.1 Å². The first kappa shape index (κ1) is 33.0. The van der Waals surface area contributed by atoms with Gasteiger partial charge in [-0.15, -0.1) is 0 Å². The van der Waals surface area contributed by atoms with Gasteiger partial charge >= 0.3 is 0 Å². The molecule has 0 atom stereocenters. The summed E-state index contributed by atoms with van der Waals surface area (Å²) < 4.78 is 0. The van der Waals surface area contributed by atoms with Crippen LogP contribution in [0.25, 0.3) is 0 Å². The van der Waals surface area contributed by atoms with E-state index in [4.69, 9.17) is 10.5 Å². The molecule has 0 fully saturated rings. The van der Waals surface area contributed by atoms with E-state index >= 15 is 0 Å². The summed E-state index contributed by atoms with van der Waals surface area (Å²) in [5, 5.41) is 5.09. The van der Waals surface area contributed by atoms with E-state index in [1.165, 1.54) is 12.8 Å². The smallest absolute Gasteiger partial charge is 0.220 e. The average Bonchev–Trinajstić information content (AvgIpc) is 2.55. The summed E-state index contributed by atoms with van der Waals surface area (Å²) in [6.07, 6.45) is 6.41. The lowest BCUT2D eigenvalue weighted by molar-refractivity contribution is -0.122. The van der Waals surface area contributed by atoms with Gasteiger partial charge in [0.25, 0.3) is 0 Å². The summed E-state index contributed by atoms with van der Waals surface area (Å²) in [6, 6.07) is 0.270. The molecule has 6 nitrogen and oxygen atoms in total. The monoisotopic (exact) mass is 389 g/mol. The molecule has 0 saturated carbocycles. The number of hydrogen-bond acceptors (Lipinski definition) is 3. The van der Waals surface area contributed by atoms with Crippen LogP contribution in [-0.2, 0) is 14.4 Å². The van der Waals surface area contributed by atoms with E-state index in [2.05, 4.69) is 24.5 Å². The molecule has 0 bridgehead atoms. The van der Waals surface area contributed by atoms with Crippen molar-refractivity contribution in [1.29, 1.82) is 0 Å². The number of rotatable bonds is 10. The van der Waals surface area contributed by atoms with Gasteiger partial charge in [0.2, 0.25) is 18.2 Å². The summed E-state index contributed by atoms with van der Waals surface area (Å²) in [5.41, 5.74) is 5.00. The molecule has 0 rings (SSSR count). The third-order valence-corrected chi connectivity index (χ3v) is 2.87. The Kier molecular flexibility index (Phi) is 32.6. The number of carbonyl (C=O) groups excluding carboxylic acids is 3. The topological polar surface area (TPSA) is 101 Å². The van der Waals surface area contributed by atoms with Gasteiger partial charge < -0.3 is 16.4 Å². The van der Waals surface area contributed by atoms with Crippen molar-refractivity contribution < 1.29 is 14.4 Å². The zero-order valence-corrected chi connectivity index (χ0v) is 19.4. The van der Waals surface area contributed by atoms with Gasteiger partial charge in [-0.3, -0.25) is 14.4 Å². The Morgan fingerprint density at radius 3 is 1.70 bits per heavy atom. The molecule has 164 valence electrons. The van der Waals surface area contributed by atoms with Crippen LogP contribution in [0.4, 0.5) is 0 Å². The predicted octanol–water partition coefficient (Wildman–Crippen LogP) is 4.02. The first-order chi connectivity index (χ1) is 12.6. The summed E-state index contributed by atoms with van der Waals surface area (Å²) in [6.45, 7) is 16.5. The fourth-order valence-electron chi connectivity index (χ4n) is 1.78. The van der Waals surface area contributed by atoms with Crippen molar-refractivity contribution in [3.8, 4) is 0 Å². The normalized spacial score (nSPS) is 9.19. The molecule has 0 aromatic carbocycles. The van der Waals surface area contributed by atoms with E-state index in [0.29, 0.717) is 25.2 Å².